The van der Waals surface area contributed by atoms with Crippen LogP contribution in [0.3, 0.4) is 0 Å². The van der Waals surface area contributed by atoms with Gasteiger partial charge in [0.1, 0.15) is 5.75 Å². The smallest absolute Gasteiger partial charge is 0.133 e. The molecule has 0 aliphatic carbocycles. The van der Waals surface area contributed by atoms with Crippen LogP contribution in [0.15, 0.2) is 55.1 Å². The van der Waals surface area contributed by atoms with Crippen LogP contribution < -0.4 is 5.32 Å². The van der Waals surface area contributed by atoms with Gasteiger partial charge in [-0.25, -0.2) is 4.98 Å². The van der Waals surface area contributed by atoms with Gasteiger partial charge in [-0.2, -0.15) is 0 Å². The first-order valence-electron chi connectivity index (χ1n) is 6.28. The van der Waals surface area contributed by atoms with Crippen LogP contribution in [0.25, 0.3) is 11.3 Å². The molecule has 0 spiro atoms. The van der Waals surface area contributed by atoms with Crippen molar-refractivity contribution in [1.82, 2.24) is 15.0 Å². The third kappa shape index (κ3) is 2.77. The number of hydrogen-bond donors (Lipinski definition) is 3. The Balaban J connectivity index is 1.65. The van der Waals surface area contributed by atoms with Gasteiger partial charge in [-0.1, -0.05) is 12.1 Å². The Labute approximate surface area is 116 Å². The Bertz CT molecular complexity index is 660. The normalized spacial score (nSPS) is 10.4. The number of imidazole rings is 1. The fourth-order valence-electron chi connectivity index (χ4n) is 1.90. The third-order valence-electron chi connectivity index (χ3n) is 2.98. The summed E-state index contributed by atoms with van der Waals surface area (Å²) in [6.45, 7) is 0.615. The lowest BCUT2D eigenvalue weighted by molar-refractivity contribution is 0.472. The summed E-state index contributed by atoms with van der Waals surface area (Å²) in [6, 6.07) is 11.5. The number of nitrogens with one attached hydrogen (secondary N) is 2. The molecule has 5 heteroatoms. The molecule has 0 saturated carbocycles. The van der Waals surface area contributed by atoms with Crippen LogP contribution >= 0.6 is 0 Å². The van der Waals surface area contributed by atoms with Crippen LogP contribution in [-0.2, 0) is 6.54 Å². The van der Waals surface area contributed by atoms with Gasteiger partial charge in [0.15, 0.2) is 0 Å². The zero-order chi connectivity index (χ0) is 13.8. The number of aromatic hydroxyl groups is 1. The summed E-state index contributed by atoms with van der Waals surface area (Å²) in [5, 5.41) is 12.5. The lowest BCUT2D eigenvalue weighted by atomic mass is 10.1. The number of nitrogens with zero attached hydrogens (tertiary/aromatic N) is 2. The number of pyridine rings is 1. The summed E-state index contributed by atoms with van der Waals surface area (Å²) in [5.41, 5.74) is 3.98. The van der Waals surface area contributed by atoms with Crippen LogP contribution in [0.1, 0.15) is 5.69 Å². The lowest BCUT2D eigenvalue weighted by Crippen LogP contribution is -2.00. The Morgan fingerprint density at radius 3 is 2.55 bits per heavy atom. The summed E-state index contributed by atoms with van der Waals surface area (Å²) >= 11 is 0. The van der Waals surface area contributed by atoms with Crippen LogP contribution in [0.4, 0.5) is 5.69 Å². The highest BCUT2D eigenvalue weighted by Gasteiger charge is 1.99. The predicted molar refractivity (Wildman–Crippen MR) is 77.3 cm³/mol. The third-order valence-corrected chi connectivity index (χ3v) is 2.98. The molecule has 0 saturated heterocycles. The maximum atomic E-state index is 9.17. The molecule has 0 atom stereocenters. The summed E-state index contributed by atoms with van der Waals surface area (Å²) in [6.07, 6.45) is 4.90. The van der Waals surface area contributed by atoms with Gasteiger partial charge < -0.3 is 15.4 Å². The van der Waals surface area contributed by atoms with Crippen LogP contribution in [0, 0.1) is 0 Å². The minimum absolute atomic E-state index is 0.178. The first-order valence-corrected chi connectivity index (χ1v) is 6.28. The molecule has 2 heterocycles. The molecule has 0 aliphatic rings. The van der Waals surface area contributed by atoms with Gasteiger partial charge >= 0.3 is 0 Å². The largest absolute Gasteiger partial charge is 0.506 e. The molecule has 0 fully saturated rings. The molecule has 1 aromatic carbocycles. The molecule has 0 aliphatic heterocycles. The second kappa shape index (κ2) is 5.44. The van der Waals surface area contributed by atoms with Crippen molar-refractivity contribution in [2.24, 2.45) is 0 Å². The van der Waals surface area contributed by atoms with Crippen molar-refractivity contribution in [3.05, 3.63) is 60.8 Å². The van der Waals surface area contributed by atoms with Crippen LogP contribution in [0.5, 0.6) is 5.75 Å². The molecule has 0 unspecified atom stereocenters. The number of hydrogen-bond acceptors (Lipinski definition) is 4. The van der Waals surface area contributed by atoms with Gasteiger partial charge in [-0.05, 0) is 29.8 Å². The molecule has 0 amide bonds. The van der Waals surface area contributed by atoms with E-state index in [-0.39, 0.29) is 5.75 Å². The van der Waals surface area contributed by atoms with Gasteiger partial charge in [-0.15, -0.1) is 0 Å². The maximum absolute atomic E-state index is 9.17. The highest BCUT2D eigenvalue weighted by atomic mass is 16.3. The van der Waals surface area contributed by atoms with Gasteiger partial charge in [0.05, 0.1) is 36.7 Å². The first kappa shape index (κ1) is 12.2. The van der Waals surface area contributed by atoms with E-state index >= 15 is 0 Å². The summed E-state index contributed by atoms with van der Waals surface area (Å²) in [7, 11) is 0. The molecule has 3 N–H and O–H groups in total. The van der Waals surface area contributed by atoms with E-state index in [0.29, 0.717) is 6.54 Å². The molecule has 3 aromatic rings. The minimum atomic E-state index is 0.178. The van der Waals surface area contributed by atoms with Crippen molar-refractivity contribution in [2.75, 3.05) is 5.32 Å². The molecule has 2 aromatic heterocycles. The summed E-state index contributed by atoms with van der Waals surface area (Å²) in [4.78, 5) is 11.2. The number of benzene rings is 1. The number of aromatic nitrogens is 3. The van der Waals surface area contributed by atoms with Gasteiger partial charge in [0.25, 0.3) is 0 Å². The average molecular weight is 266 g/mol. The van der Waals surface area contributed by atoms with E-state index in [1.807, 2.05) is 24.3 Å². The van der Waals surface area contributed by atoms with Gasteiger partial charge in [-0.3, -0.25) is 4.98 Å². The zero-order valence-corrected chi connectivity index (χ0v) is 10.7. The standard InChI is InChI=1S/C15H14N4O/c20-14-6-5-13(18-8-14)7-17-12-3-1-11(2-4-12)15-9-16-10-19-15/h1-6,8-10,17,20H,7H2,(H,16,19). The number of rotatable bonds is 4. The van der Waals surface area contributed by atoms with Crippen molar-refractivity contribution in [3.8, 4) is 17.0 Å². The molecule has 5 nitrogen and oxygen atoms in total. The van der Waals surface area contributed by atoms with E-state index in [0.717, 1.165) is 22.6 Å². The highest BCUT2D eigenvalue weighted by Crippen LogP contribution is 2.19. The number of anilines is 1. The van der Waals surface area contributed by atoms with Crippen molar-refractivity contribution >= 4 is 5.69 Å². The first-order chi connectivity index (χ1) is 9.81. The van der Waals surface area contributed by atoms with E-state index in [9.17, 15) is 5.11 Å². The number of aromatic amines is 1. The van der Waals surface area contributed by atoms with Gasteiger partial charge in [0, 0.05) is 5.69 Å². The van der Waals surface area contributed by atoms with Gasteiger partial charge in [0.2, 0.25) is 0 Å². The van der Waals surface area contributed by atoms with Crippen molar-refractivity contribution in [3.63, 3.8) is 0 Å². The molecular weight excluding hydrogens is 252 g/mol. The molecule has 0 bridgehead atoms. The molecule has 100 valence electrons. The maximum Gasteiger partial charge on any atom is 0.133 e. The Morgan fingerprint density at radius 1 is 1.05 bits per heavy atom. The summed E-state index contributed by atoms with van der Waals surface area (Å²) < 4.78 is 0. The topological polar surface area (TPSA) is 73.8 Å². The van der Waals surface area contributed by atoms with E-state index in [1.54, 1.807) is 24.7 Å². The molecular formula is C15H14N4O. The Kier molecular flexibility index (Phi) is 3.33. The zero-order valence-electron chi connectivity index (χ0n) is 10.7. The van der Waals surface area contributed by atoms with Crippen LogP contribution in [-0.4, -0.2) is 20.1 Å². The van der Waals surface area contributed by atoms with Crippen LogP contribution in [0.2, 0.25) is 0 Å². The monoisotopic (exact) mass is 266 g/mol. The minimum Gasteiger partial charge on any atom is -0.506 e. The summed E-state index contributed by atoms with van der Waals surface area (Å²) in [5.74, 6) is 0.178. The second-order valence-corrected chi connectivity index (χ2v) is 4.40. The van der Waals surface area contributed by atoms with Crippen molar-refractivity contribution < 1.29 is 5.11 Å². The SMILES string of the molecule is Oc1ccc(CNc2ccc(-c3cnc[nH]3)cc2)nc1. The average Bonchev–Trinajstić information content (AvgIpc) is 3.01. The molecule has 20 heavy (non-hydrogen) atoms. The quantitative estimate of drug-likeness (QED) is 0.679. The molecule has 0 radical (unpaired) electrons. The van der Waals surface area contributed by atoms with E-state index in [1.165, 1.54) is 6.20 Å². The number of H-pyrrole nitrogens is 1. The van der Waals surface area contributed by atoms with E-state index < -0.39 is 0 Å². The van der Waals surface area contributed by atoms with E-state index in [2.05, 4.69) is 20.3 Å². The molecule has 3 rings (SSSR count). The Hall–Kier alpha value is -2.82. The fraction of sp³-hybridized carbons (Fsp3) is 0.0667. The lowest BCUT2D eigenvalue weighted by Gasteiger charge is -2.06. The predicted octanol–water partition coefficient (Wildman–Crippen LogP) is 2.79. The van der Waals surface area contributed by atoms with Crippen molar-refractivity contribution in [2.45, 2.75) is 6.54 Å². The fourth-order valence-corrected chi connectivity index (χ4v) is 1.90. The van der Waals surface area contributed by atoms with Crippen molar-refractivity contribution in [1.29, 1.82) is 0 Å². The highest BCUT2D eigenvalue weighted by molar-refractivity contribution is 5.61. The second-order valence-electron chi connectivity index (χ2n) is 4.40. The van der Waals surface area contributed by atoms with E-state index in [4.69, 9.17) is 0 Å². The Morgan fingerprint density at radius 2 is 1.90 bits per heavy atom.